The lowest BCUT2D eigenvalue weighted by Gasteiger charge is -2.06. The molecule has 1 atom stereocenters. The van der Waals surface area contributed by atoms with Crippen LogP contribution in [-0.2, 0) is 0 Å². The van der Waals surface area contributed by atoms with Crippen molar-refractivity contribution in [2.75, 3.05) is 14.2 Å². The molecule has 1 heterocycles. The monoisotopic (exact) mass is 302 g/mol. The van der Waals surface area contributed by atoms with Gasteiger partial charge in [-0.2, -0.15) is 0 Å². The number of H-pyrrole nitrogens is 1. The van der Waals surface area contributed by atoms with Gasteiger partial charge in [0.2, 0.25) is 0 Å². The van der Waals surface area contributed by atoms with Crippen molar-refractivity contribution >= 4 is 22.6 Å². The zero-order chi connectivity index (χ0) is 14.8. The van der Waals surface area contributed by atoms with Gasteiger partial charge in [0.1, 0.15) is 11.2 Å². The second-order valence-electron chi connectivity index (χ2n) is 4.62. The molecule has 3 rings (SSSR count). The molecule has 0 aliphatic rings. The smallest absolute Gasteiger partial charge is 0.163 e. The highest BCUT2D eigenvalue weighted by molar-refractivity contribution is 6.22. The van der Waals surface area contributed by atoms with Gasteiger partial charge in [-0.05, 0) is 5.56 Å². The molecule has 0 saturated carbocycles. The fourth-order valence-electron chi connectivity index (χ4n) is 2.26. The molecule has 0 aliphatic carbocycles. The Morgan fingerprint density at radius 1 is 1.05 bits per heavy atom. The lowest BCUT2D eigenvalue weighted by atomic mass is 10.1. The Balaban J connectivity index is 2.05. The Bertz CT molecular complexity index is 715. The summed E-state index contributed by atoms with van der Waals surface area (Å²) in [5.74, 6) is 2.01. The summed E-state index contributed by atoms with van der Waals surface area (Å²) in [5.41, 5.74) is 2.66. The molecule has 5 heteroatoms. The minimum atomic E-state index is -0.324. The van der Waals surface area contributed by atoms with Gasteiger partial charge >= 0.3 is 0 Å². The predicted molar refractivity (Wildman–Crippen MR) is 83.3 cm³/mol. The van der Waals surface area contributed by atoms with E-state index >= 15 is 0 Å². The number of methoxy groups -OCH3 is 2. The number of ether oxygens (including phenoxy) is 2. The van der Waals surface area contributed by atoms with Crippen LogP contribution in [0.3, 0.4) is 0 Å². The van der Waals surface area contributed by atoms with E-state index in [0.717, 1.165) is 16.6 Å². The molecular weight excluding hydrogens is 288 g/mol. The van der Waals surface area contributed by atoms with E-state index in [4.69, 9.17) is 21.1 Å². The predicted octanol–water partition coefficient (Wildman–Crippen LogP) is 3.91. The molecule has 2 aromatic carbocycles. The third-order valence-corrected chi connectivity index (χ3v) is 3.80. The maximum Gasteiger partial charge on any atom is 0.163 e. The molecular formula is C16H15ClN2O2. The van der Waals surface area contributed by atoms with E-state index in [9.17, 15) is 0 Å². The third-order valence-electron chi connectivity index (χ3n) is 3.34. The highest BCUT2D eigenvalue weighted by Crippen LogP contribution is 2.33. The number of aromatic amines is 1. The topological polar surface area (TPSA) is 47.1 Å². The molecule has 1 aromatic heterocycles. The average molecular weight is 303 g/mol. The van der Waals surface area contributed by atoms with Gasteiger partial charge in [-0.3, -0.25) is 0 Å². The number of nitrogens with one attached hydrogen (secondary N) is 1. The lowest BCUT2D eigenvalue weighted by Crippen LogP contribution is -1.94. The van der Waals surface area contributed by atoms with Crippen LogP contribution >= 0.6 is 11.6 Å². The van der Waals surface area contributed by atoms with Gasteiger partial charge in [0.05, 0.1) is 25.3 Å². The normalized spacial score (nSPS) is 12.3. The van der Waals surface area contributed by atoms with E-state index in [1.807, 2.05) is 42.5 Å². The summed E-state index contributed by atoms with van der Waals surface area (Å²) in [4.78, 5) is 7.79. The Labute approximate surface area is 127 Å². The van der Waals surface area contributed by atoms with Gasteiger partial charge in [0, 0.05) is 12.1 Å². The number of imidazole rings is 1. The largest absolute Gasteiger partial charge is 0.493 e. The van der Waals surface area contributed by atoms with Gasteiger partial charge < -0.3 is 14.5 Å². The molecule has 4 nitrogen and oxygen atoms in total. The summed E-state index contributed by atoms with van der Waals surface area (Å²) in [6, 6.07) is 13.5. The highest BCUT2D eigenvalue weighted by Gasteiger charge is 2.16. The summed E-state index contributed by atoms with van der Waals surface area (Å²) in [7, 11) is 3.21. The van der Waals surface area contributed by atoms with Crippen molar-refractivity contribution in [3.63, 3.8) is 0 Å². The number of alkyl halides is 1. The van der Waals surface area contributed by atoms with E-state index in [-0.39, 0.29) is 5.38 Å². The van der Waals surface area contributed by atoms with E-state index in [2.05, 4.69) is 9.97 Å². The fourth-order valence-corrected chi connectivity index (χ4v) is 2.51. The number of hydrogen-bond acceptors (Lipinski definition) is 3. The molecule has 0 fully saturated rings. The second kappa shape index (κ2) is 5.66. The Morgan fingerprint density at radius 3 is 2.38 bits per heavy atom. The number of aromatic nitrogens is 2. The first-order valence-electron chi connectivity index (χ1n) is 6.53. The van der Waals surface area contributed by atoms with Crippen LogP contribution in [0.4, 0.5) is 0 Å². The molecule has 0 bridgehead atoms. The minimum absolute atomic E-state index is 0.324. The Kier molecular flexibility index (Phi) is 3.71. The Hall–Kier alpha value is -2.20. The maximum atomic E-state index is 6.49. The molecule has 0 radical (unpaired) electrons. The Morgan fingerprint density at radius 2 is 1.71 bits per heavy atom. The van der Waals surface area contributed by atoms with E-state index in [0.29, 0.717) is 17.3 Å². The van der Waals surface area contributed by atoms with Crippen LogP contribution in [0, 0.1) is 0 Å². The van der Waals surface area contributed by atoms with E-state index in [1.54, 1.807) is 14.2 Å². The summed E-state index contributed by atoms with van der Waals surface area (Å²) >= 11 is 6.49. The molecule has 1 unspecified atom stereocenters. The molecule has 108 valence electrons. The highest BCUT2D eigenvalue weighted by atomic mass is 35.5. The number of fused-ring (bicyclic) bond motifs is 1. The fraction of sp³-hybridized carbons (Fsp3) is 0.188. The van der Waals surface area contributed by atoms with Crippen molar-refractivity contribution in [2.45, 2.75) is 5.38 Å². The molecule has 0 amide bonds. The molecule has 21 heavy (non-hydrogen) atoms. The summed E-state index contributed by atoms with van der Waals surface area (Å²) in [6.45, 7) is 0. The van der Waals surface area contributed by atoms with E-state index in [1.165, 1.54) is 0 Å². The molecule has 0 saturated heterocycles. The minimum Gasteiger partial charge on any atom is -0.493 e. The van der Waals surface area contributed by atoms with Crippen LogP contribution < -0.4 is 9.47 Å². The van der Waals surface area contributed by atoms with Gasteiger partial charge in [-0.25, -0.2) is 4.98 Å². The van der Waals surface area contributed by atoms with Crippen LogP contribution in [0.2, 0.25) is 0 Å². The summed E-state index contributed by atoms with van der Waals surface area (Å²) in [5, 5.41) is -0.324. The number of halogens is 1. The van der Waals surface area contributed by atoms with Gasteiger partial charge in [0.25, 0.3) is 0 Å². The summed E-state index contributed by atoms with van der Waals surface area (Å²) < 4.78 is 10.6. The number of hydrogen-bond donors (Lipinski definition) is 1. The van der Waals surface area contributed by atoms with Crippen molar-refractivity contribution < 1.29 is 9.47 Å². The van der Waals surface area contributed by atoms with Crippen LogP contribution in [0.5, 0.6) is 11.5 Å². The molecule has 0 aliphatic heterocycles. The molecule has 3 aromatic rings. The number of rotatable bonds is 4. The first-order chi connectivity index (χ1) is 10.2. The van der Waals surface area contributed by atoms with Crippen molar-refractivity contribution in [1.29, 1.82) is 0 Å². The lowest BCUT2D eigenvalue weighted by molar-refractivity contribution is 0.356. The zero-order valence-electron chi connectivity index (χ0n) is 11.8. The van der Waals surface area contributed by atoms with Crippen molar-refractivity contribution in [3.8, 4) is 11.5 Å². The number of benzene rings is 2. The zero-order valence-corrected chi connectivity index (χ0v) is 12.5. The van der Waals surface area contributed by atoms with Crippen molar-refractivity contribution in [3.05, 3.63) is 53.9 Å². The van der Waals surface area contributed by atoms with Crippen molar-refractivity contribution in [2.24, 2.45) is 0 Å². The van der Waals surface area contributed by atoms with Gasteiger partial charge in [-0.15, -0.1) is 11.6 Å². The van der Waals surface area contributed by atoms with Crippen LogP contribution in [0.1, 0.15) is 16.8 Å². The van der Waals surface area contributed by atoms with Gasteiger partial charge in [-0.1, -0.05) is 30.3 Å². The van der Waals surface area contributed by atoms with Crippen LogP contribution in [0.15, 0.2) is 42.5 Å². The van der Waals surface area contributed by atoms with Crippen molar-refractivity contribution in [1.82, 2.24) is 9.97 Å². The molecule has 1 N–H and O–H groups in total. The quantitative estimate of drug-likeness (QED) is 0.743. The summed E-state index contributed by atoms with van der Waals surface area (Å²) in [6.07, 6.45) is 0. The number of nitrogens with zero attached hydrogens (tertiary/aromatic N) is 1. The van der Waals surface area contributed by atoms with Crippen LogP contribution in [0.25, 0.3) is 11.0 Å². The standard InChI is InChI=1S/C16H15ClN2O2/c1-20-13-8-11-12(9-14(13)21-2)19-16(18-11)15(17)10-6-4-3-5-7-10/h3-9,15H,1-2H3,(H,18,19). The molecule has 0 spiro atoms. The maximum absolute atomic E-state index is 6.49. The average Bonchev–Trinajstić information content (AvgIpc) is 2.96. The van der Waals surface area contributed by atoms with Crippen LogP contribution in [-0.4, -0.2) is 24.2 Å². The SMILES string of the molecule is COc1cc2nc(C(Cl)c3ccccc3)[nH]c2cc1OC. The van der Waals surface area contributed by atoms with E-state index < -0.39 is 0 Å². The first-order valence-corrected chi connectivity index (χ1v) is 6.97. The first kappa shape index (κ1) is 13.8. The third kappa shape index (κ3) is 2.54. The van der Waals surface area contributed by atoms with Gasteiger partial charge in [0.15, 0.2) is 11.5 Å². The second-order valence-corrected chi connectivity index (χ2v) is 5.06.